The molecule has 10 aromatic rings. The molecule has 5 nitrogen and oxygen atoms in total. The number of anilines is 9. The first-order chi connectivity index (χ1) is 31.3. The van der Waals surface area contributed by atoms with E-state index < -0.39 is 8.07 Å². The minimum Gasteiger partial charge on any atom is -0.309 e. The molecule has 0 amide bonds. The van der Waals surface area contributed by atoms with Crippen LogP contribution in [-0.4, -0.2) is 24.8 Å². The zero-order valence-corrected chi connectivity index (χ0v) is 35.3. The summed E-state index contributed by atoms with van der Waals surface area (Å²) in [5.41, 5.74) is 15.6. The fourth-order valence-corrected chi connectivity index (χ4v) is 16.3. The lowest BCUT2D eigenvalue weighted by Crippen LogP contribution is -2.87. The molecule has 0 fully saturated rings. The van der Waals surface area contributed by atoms with Crippen molar-refractivity contribution >= 4 is 114 Å². The van der Waals surface area contributed by atoms with Crippen molar-refractivity contribution in [3.63, 3.8) is 0 Å². The number of nitrogens with zero attached hydrogens (tertiary/aromatic N) is 5. The molecule has 0 atom stereocenters. The second-order valence-corrected chi connectivity index (χ2v) is 20.2. The molecule has 13 rings (SSSR count). The van der Waals surface area contributed by atoms with Gasteiger partial charge >= 0.3 is 0 Å². The molecule has 0 unspecified atom stereocenters. The highest BCUT2D eigenvalue weighted by Gasteiger charge is 2.55. The lowest BCUT2D eigenvalue weighted by Gasteiger charge is -2.51. The Labute approximate surface area is 367 Å². The molecule has 0 bridgehead atoms. The van der Waals surface area contributed by atoms with Crippen LogP contribution in [0.1, 0.15) is 0 Å². The topological polar surface area (TPSA) is 35.5 Å². The van der Waals surface area contributed by atoms with E-state index in [-0.39, 0.29) is 6.71 Å². The van der Waals surface area contributed by atoms with E-state index in [1.54, 1.807) is 6.20 Å². The molecule has 4 heterocycles. The van der Waals surface area contributed by atoms with Crippen LogP contribution in [0, 0.1) is 0 Å². The number of hydrogen-bond donors (Lipinski definition) is 0. The van der Waals surface area contributed by atoms with E-state index in [2.05, 4.69) is 233 Å². The van der Waals surface area contributed by atoms with Crippen LogP contribution in [0.2, 0.25) is 0 Å². The molecule has 3 aliphatic rings. The van der Waals surface area contributed by atoms with Gasteiger partial charge in [-0.15, -0.1) is 0 Å². The summed E-state index contributed by atoms with van der Waals surface area (Å²) in [4.78, 5) is 17.5. The quantitative estimate of drug-likeness (QED) is 0.162. The molecule has 1 aromatic heterocycles. The maximum absolute atomic E-state index is 5.06. The molecule has 0 radical (unpaired) electrons. The zero-order valence-electron chi connectivity index (χ0n) is 34.3. The van der Waals surface area contributed by atoms with Gasteiger partial charge in [-0.25, -0.2) is 0 Å². The first-order valence-electron chi connectivity index (χ1n) is 21.6. The Hall–Kier alpha value is -8.00. The maximum atomic E-state index is 5.06. The largest absolute Gasteiger partial charge is 0.309 e. The first kappa shape index (κ1) is 35.7. The van der Waals surface area contributed by atoms with Crippen LogP contribution in [0.4, 0.5) is 51.2 Å². The van der Waals surface area contributed by atoms with Gasteiger partial charge in [0, 0.05) is 29.5 Å². The van der Waals surface area contributed by atoms with Crippen molar-refractivity contribution in [3.05, 3.63) is 231 Å². The van der Waals surface area contributed by atoms with Gasteiger partial charge in [0.2, 0.25) is 6.71 Å². The average molecular weight is 820 g/mol. The molecule has 7 heteroatoms. The fraction of sp³-hybridized carbons (Fsp3) is 0. The maximum Gasteiger partial charge on any atom is 0.246 e. The van der Waals surface area contributed by atoms with Gasteiger partial charge in [0.1, 0.15) is 5.52 Å². The van der Waals surface area contributed by atoms with Crippen molar-refractivity contribution in [1.82, 2.24) is 9.97 Å². The molecule has 0 aliphatic carbocycles. The zero-order chi connectivity index (χ0) is 41.5. The summed E-state index contributed by atoms with van der Waals surface area (Å²) in [6, 6.07) is 81.0. The second kappa shape index (κ2) is 14.0. The number of para-hydroxylation sites is 6. The molecule has 3 aliphatic heterocycles. The van der Waals surface area contributed by atoms with Crippen LogP contribution in [0.5, 0.6) is 0 Å². The Kier molecular flexibility index (Phi) is 7.95. The van der Waals surface area contributed by atoms with Crippen molar-refractivity contribution < 1.29 is 0 Å². The Morgan fingerprint density at radius 1 is 0.365 bits per heavy atom. The molecule has 294 valence electrons. The van der Waals surface area contributed by atoms with E-state index in [4.69, 9.17) is 9.97 Å². The number of fused-ring (bicyclic) bond motifs is 8. The molecule has 0 N–H and O–H groups in total. The average Bonchev–Trinajstić information content (AvgIpc) is 3.36. The molecule has 0 saturated heterocycles. The summed E-state index contributed by atoms with van der Waals surface area (Å²) in [6.07, 6.45) is 3.60. The van der Waals surface area contributed by atoms with Gasteiger partial charge in [-0.3, -0.25) is 9.97 Å². The van der Waals surface area contributed by atoms with Crippen LogP contribution in [-0.2, 0) is 0 Å². The van der Waals surface area contributed by atoms with E-state index in [1.165, 1.54) is 48.5 Å². The summed E-state index contributed by atoms with van der Waals surface area (Å²) in [5, 5.41) is 5.52. The smallest absolute Gasteiger partial charge is 0.246 e. The lowest BCUT2D eigenvalue weighted by atomic mass is 9.34. The summed E-state index contributed by atoms with van der Waals surface area (Å²) in [5.74, 6) is 0. The van der Waals surface area contributed by atoms with Crippen molar-refractivity contribution in [2.45, 2.75) is 0 Å². The number of benzene rings is 9. The Morgan fingerprint density at radius 2 is 0.873 bits per heavy atom. The molecule has 0 spiro atoms. The van der Waals surface area contributed by atoms with Gasteiger partial charge in [0.15, 0.2) is 8.07 Å². The lowest BCUT2D eigenvalue weighted by molar-refractivity contribution is 1.15. The van der Waals surface area contributed by atoms with E-state index in [0.29, 0.717) is 0 Å². The van der Waals surface area contributed by atoms with Crippen LogP contribution in [0.15, 0.2) is 231 Å². The van der Waals surface area contributed by atoms with Crippen LogP contribution < -0.4 is 51.8 Å². The minimum atomic E-state index is -3.12. The van der Waals surface area contributed by atoms with Gasteiger partial charge < -0.3 is 14.7 Å². The van der Waals surface area contributed by atoms with E-state index in [0.717, 1.165) is 50.8 Å². The number of rotatable bonds is 5. The SMILES string of the molecule is c1ccc(N2c3ccccc3N(c3cccc4nccnc34)c3cc4c5c(c32)N(c2ccccc2)c2ccccc2B5c2ccccc2[Si]4(c2ccccc2)c2ccccc2)cc1. The Balaban J connectivity index is 1.30. The summed E-state index contributed by atoms with van der Waals surface area (Å²) in [7, 11) is -3.12. The first-order valence-corrected chi connectivity index (χ1v) is 23.6. The molecular formula is C56H38BN5Si. The summed E-state index contributed by atoms with van der Waals surface area (Å²) < 4.78 is 0. The van der Waals surface area contributed by atoms with Crippen molar-refractivity contribution in [3.8, 4) is 0 Å². The van der Waals surface area contributed by atoms with Gasteiger partial charge in [0.05, 0.1) is 39.6 Å². The van der Waals surface area contributed by atoms with Crippen LogP contribution in [0.3, 0.4) is 0 Å². The Morgan fingerprint density at radius 3 is 1.54 bits per heavy atom. The minimum absolute atomic E-state index is 0.0348. The monoisotopic (exact) mass is 819 g/mol. The number of aromatic nitrogens is 2. The van der Waals surface area contributed by atoms with Crippen molar-refractivity contribution in [2.24, 2.45) is 0 Å². The summed E-state index contributed by atoms with van der Waals surface area (Å²) in [6.45, 7) is -0.0348. The highest BCUT2D eigenvalue weighted by atomic mass is 28.3. The normalized spacial score (nSPS) is 14.0. The Bertz CT molecular complexity index is 3340. The fourth-order valence-electron chi connectivity index (χ4n) is 11.0. The molecular weight excluding hydrogens is 782 g/mol. The van der Waals surface area contributed by atoms with E-state index in [9.17, 15) is 0 Å². The van der Waals surface area contributed by atoms with Crippen molar-refractivity contribution in [1.29, 1.82) is 0 Å². The van der Waals surface area contributed by atoms with Crippen LogP contribution in [0.25, 0.3) is 11.0 Å². The standard InChI is InChI=1S/C56H38BN5Si/c1-5-20-39(21-6-1)60-46-31-15-13-28-43(46)57-44-29-14-18-35-51(44)63(41-24-9-3-10-25-41,42-26-11-4-12-27-42)52-38-50-55(56(60)53(52)57)61(40-22-7-2-8-23-40)47-32-16-17-33-48(47)62(50)49-34-19-30-45-54(49)59-37-36-58-45/h1-38H. The third-order valence-corrected chi connectivity index (χ3v) is 18.2. The third kappa shape index (κ3) is 5.05. The van der Waals surface area contributed by atoms with Gasteiger partial charge in [-0.2, -0.15) is 0 Å². The highest BCUT2D eigenvalue weighted by molar-refractivity contribution is 7.26. The third-order valence-electron chi connectivity index (χ3n) is 13.4. The summed E-state index contributed by atoms with van der Waals surface area (Å²) >= 11 is 0. The van der Waals surface area contributed by atoms with Gasteiger partial charge in [-0.1, -0.05) is 163 Å². The molecule has 63 heavy (non-hydrogen) atoms. The molecule has 9 aromatic carbocycles. The predicted molar refractivity (Wildman–Crippen MR) is 265 cm³/mol. The van der Waals surface area contributed by atoms with E-state index in [1.807, 2.05) is 6.20 Å². The van der Waals surface area contributed by atoms with Gasteiger partial charge in [0.25, 0.3) is 0 Å². The molecule has 0 saturated carbocycles. The van der Waals surface area contributed by atoms with Crippen LogP contribution >= 0.6 is 0 Å². The van der Waals surface area contributed by atoms with E-state index >= 15 is 0 Å². The van der Waals surface area contributed by atoms with Gasteiger partial charge in [-0.05, 0) is 92.3 Å². The second-order valence-electron chi connectivity index (χ2n) is 16.5. The predicted octanol–water partition coefficient (Wildman–Crippen LogP) is 8.87. The van der Waals surface area contributed by atoms with Crippen molar-refractivity contribution in [2.75, 3.05) is 14.7 Å². The highest BCUT2D eigenvalue weighted by Crippen LogP contribution is 2.59. The number of hydrogen-bond acceptors (Lipinski definition) is 5.